The zero-order valence-corrected chi connectivity index (χ0v) is 11.6. The lowest BCUT2D eigenvalue weighted by Crippen LogP contribution is -2.16. The number of nitrogens with two attached hydrogens (primary N) is 1. The monoisotopic (exact) mass is 319 g/mol. The van der Waals surface area contributed by atoms with Crippen LogP contribution in [-0.2, 0) is 6.54 Å². The van der Waals surface area contributed by atoms with Crippen molar-refractivity contribution in [2.45, 2.75) is 12.9 Å². The summed E-state index contributed by atoms with van der Waals surface area (Å²) < 4.78 is 45.2. The van der Waals surface area contributed by atoms with Crippen molar-refractivity contribution >= 4 is 12.4 Å². The largest absolute Gasteiger partial charge is 0.573 e. The van der Waals surface area contributed by atoms with Crippen molar-refractivity contribution in [1.82, 2.24) is 0 Å². The maximum Gasteiger partial charge on any atom is 0.573 e. The molecule has 0 saturated heterocycles. The van der Waals surface area contributed by atoms with Gasteiger partial charge in [-0.15, -0.1) is 25.6 Å². The fourth-order valence-electron chi connectivity index (χ4n) is 1.54. The van der Waals surface area contributed by atoms with Crippen molar-refractivity contribution in [2.75, 3.05) is 0 Å². The molecule has 0 aliphatic rings. The number of ether oxygens (including phenoxy) is 2. The Hall–Kier alpha value is -1.92. The van der Waals surface area contributed by atoms with E-state index in [-0.39, 0.29) is 18.2 Å². The summed E-state index contributed by atoms with van der Waals surface area (Å²) in [4.78, 5) is 0. The quantitative estimate of drug-likeness (QED) is 0.916. The van der Waals surface area contributed by atoms with Crippen molar-refractivity contribution in [3.8, 4) is 17.2 Å². The molecule has 2 rings (SSSR count). The van der Waals surface area contributed by atoms with Gasteiger partial charge in [0, 0.05) is 6.54 Å². The number of rotatable bonds is 4. The first-order valence-corrected chi connectivity index (χ1v) is 5.79. The number of halogens is 4. The van der Waals surface area contributed by atoms with E-state index in [0.717, 1.165) is 5.56 Å². The molecule has 0 radical (unpaired) electrons. The number of hydrogen-bond acceptors (Lipinski definition) is 3. The summed E-state index contributed by atoms with van der Waals surface area (Å²) in [5.74, 6) is 0.704. The molecule has 0 atom stereocenters. The van der Waals surface area contributed by atoms with Crippen LogP contribution >= 0.6 is 12.4 Å². The van der Waals surface area contributed by atoms with Crippen LogP contribution in [0.1, 0.15) is 5.56 Å². The minimum Gasteiger partial charge on any atom is -0.457 e. The highest BCUT2D eigenvalue weighted by Gasteiger charge is 2.30. The molecular weight excluding hydrogens is 307 g/mol. The zero-order chi connectivity index (χ0) is 14.6. The lowest BCUT2D eigenvalue weighted by Gasteiger charge is -2.10. The molecule has 0 spiro atoms. The molecule has 0 bridgehead atoms. The molecule has 0 unspecified atom stereocenters. The second kappa shape index (κ2) is 7.19. The van der Waals surface area contributed by atoms with E-state index in [1.165, 1.54) is 24.3 Å². The number of alkyl halides is 3. The highest BCUT2D eigenvalue weighted by Crippen LogP contribution is 2.27. The van der Waals surface area contributed by atoms with Gasteiger partial charge in [0.25, 0.3) is 0 Å². The van der Waals surface area contributed by atoms with Gasteiger partial charge in [0.15, 0.2) is 0 Å². The SMILES string of the molecule is Cl.NCc1ccc(Oc2ccc(OC(F)(F)F)cc2)cc1. The van der Waals surface area contributed by atoms with Crippen LogP contribution < -0.4 is 15.2 Å². The molecule has 21 heavy (non-hydrogen) atoms. The number of benzene rings is 2. The first-order chi connectivity index (χ1) is 9.46. The first kappa shape index (κ1) is 17.1. The molecule has 0 aromatic heterocycles. The molecule has 2 aromatic carbocycles. The van der Waals surface area contributed by atoms with Crippen LogP contribution in [0, 0.1) is 0 Å². The van der Waals surface area contributed by atoms with E-state index >= 15 is 0 Å². The Morgan fingerprint density at radius 2 is 1.24 bits per heavy atom. The second-order valence-corrected chi connectivity index (χ2v) is 3.97. The van der Waals surface area contributed by atoms with E-state index in [9.17, 15) is 13.2 Å². The molecule has 0 saturated carbocycles. The van der Waals surface area contributed by atoms with Crippen molar-refractivity contribution in [2.24, 2.45) is 5.73 Å². The third kappa shape index (κ3) is 5.53. The van der Waals surface area contributed by atoms with E-state index in [0.29, 0.717) is 18.0 Å². The van der Waals surface area contributed by atoms with Gasteiger partial charge in [-0.1, -0.05) is 12.1 Å². The van der Waals surface area contributed by atoms with Crippen LogP contribution in [-0.4, -0.2) is 6.36 Å². The van der Waals surface area contributed by atoms with E-state index in [1.807, 2.05) is 12.1 Å². The zero-order valence-electron chi connectivity index (χ0n) is 10.8. The Kier molecular flexibility index (Phi) is 5.87. The van der Waals surface area contributed by atoms with Crippen molar-refractivity contribution in [1.29, 1.82) is 0 Å². The molecule has 7 heteroatoms. The molecule has 0 aliphatic heterocycles. The summed E-state index contributed by atoms with van der Waals surface area (Å²) in [6, 6.07) is 12.3. The molecule has 2 aromatic rings. The molecule has 2 N–H and O–H groups in total. The predicted octanol–water partition coefficient (Wildman–Crippen LogP) is 4.26. The van der Waals surface area contributed by atoms with Gasteiger partial charge in [-0.05, 0) is 42.0 Å². The van der Waals surface area contributed by atoms with Crippen LogP contribution in [0.3, 0.4) is 0 Å². The van der Waals surface area contributed by atoms with Gasteiger partial charge in [0.1, 0.15) is 17.2 Å². The Morgan fingerprint density at radius 3 is 1.67 bits per heavy atom. The topological polar surface area (TPSA) is 44.5 Å². The molecule has 0 aliphatic carbocycles. The van der Waals surface area contributed by atoms with Gasteiger partial charge in [-0.2, -0.15) is 0 Å². The lowest BCUT2D eigenvalue weighted by molar-refractivity contribution is -0.274. The standard InChI is InChI=1S/C14H12F3NO2.ClH/c15-14(16,17)20-13-7-5-12(6-8-13)19-11-3-1-10(9-18)2-4-11;/h1-8H,9,18H2;1H. The van der Waals surface area contributed by atoms with Crippen LogP contribution in [0.2, 0.25) is 0 Å². The number of hydrogen-bond donors (Lipinski definition) is 1. The van der Waals surface area contributed by atoms with Crippen molar-refractivity contribution < 1.29 is 22.6 Å². The van der Waals surface area contributed by atoms with Gasteiger partial charge < -0.3 is 15.2 Å². The van der Waals surface area contributed by atoms with Crippen molar-refractivity contribution in [3.63, 3.8) is 0 Å². The smallest absolute Gasteiger partial charge is 0.457 e. The van der Waals surface area contributed by atoms with Gasteiger partial charge in [-0.25, -0.2) is 0 Å². The van der Waals surface area contributed by atoms with Crippen LogP contribution in [0.4, 0.5) is 13.2 Å². The summed E-state index contributed by atoms with van der Waals surface area (Å²) >= 11 is 0. The van der Waals surface area contributed by atoms with Gasteiger partial charge in [-0.3, -0.25) is 0 Å². The Bertz CT molecular complexity index is 556. The summed E-state index contributed by atoms with van der Waals surface area (Å²) in [5.41, 5.74) is 6.44. The molecule has 0 amide bonds. The Morgan fingerprint density at radius 1 is 0.810 bits per heavy atom. The summed E-state index contributed by atoms with van der Waals surface area (Å²) in [5, 5.41) is 0. The summed E-state index contributed by atoms with van der Waals surface area (Å²) in [6.45, 7) is 0.434. The Labute approximate surface area is 125 Å². The van der Waals surface area contributed by atoms with Gasteiger partial charge in [0.2, 0.25) is 0 Å². The Balaban J connectivity index is 0.00000220. The highest BCUT2D eigenvalue weighted by molar-refractivity contribution is 5.85. The third-order valence-electron chi connectivity index (χ3n) is 2.45. The molecule has 3 nitrogen and oxygen atoms in total. The first-order valence-electron chi connectivity index (χ1n) is 5.79. The highest BCUT2D eigenvalue weighted by atomic mass is 35.5. The maximum absolute atomic E-state index is 12.0. The predicted molar refractivity (Wildman–Crippen MR) is 74.8 cm³/mol. The van der Waals surface area contributed by atoms with Crippen LogP contribution in [0.15, 0.2) is 48.5 Å². The maximum atomic E-state index is 12.0. The average molecular weight is 320 g/mol. The van der Waals surface area contributed by atoms with Gasteiger partial charge >= 0.3 is 6.36 Å². The van der Waals surface area contributed by atoms with E-state index in [1.54, 1.807) is 12.1 Å². The fourth-order valence-corrected chi connectivity index (χ4v) is 1.54. The van der Waals surface area contributed by atoms with E-state index in [4.69, 9.17) is 10.5 Å². The second-order valence-electron chi connectivity index (χ2n) is 3.97. The normalized spacial score (nSPS) is 10.7. The average Bonchev–Trinajstić information content (AvgIpc) is 2.40. The summed E-state index contributed by atoms with van der Waals surface area (Å²) in [7, 11) is 0. The molecular formula is C14H13ClF3NO2. The molecule has 0 fully saturated rings. The van der Waals surface area contributed by atoms with Crippen LogP contribution in [0.5, 0.6) is 17.2 Å². The van der Waals surface area contributed by atoms with Crippen LogP contribution in [0.25, 0.3) is 0 Å². The molecule has 0 heterocycles. The van der Waals surface area contributed by atoms with E-state index < -0.39 is 6.36 Å². The molecule has 114 valence electrons. The minimum absolute atomic E-state index is 0. The van der Waals surface area contributed by atoms with Gasteiger partial charge in [0.05, 0.1) is 0 Å². The van der Waals surface area contributed by atoms with Crippen molar-refractivity contribution in [3.05, 3.63) is 54.1 Å². The lowest BCUT2D eigenvalue weighted by atomic mass is 10.2. The third-order valence-corrected chi connectivity index (χ3v) is 2.45. The summed E-state index contributed by atoms with van der Waals surface area (Å²) in [6.07, 6.45) is -4.69. The minimum atomic E-state index is -4.69. The fraction of sp³-hybridized carbons (Fsp3) is 0.143. The van der Waals surface area contributed by atoms with E-state index in [2.05, 4.69) is 4.74 Å².